The molecule has 28 heavy (non-hydrogen) atoms. The van der Waals surface area contributed by atoms with Crippen molar-refractivity contribution in [1.29, 1.82) is 0 Å². The summed E-state index contributed by atoms with van der Waals surface area (Å²) in [5, 5.41) is 5.99. The summed E-state index contributed by atoms with van der Waals surface area (Å²) in [4.78, 5) is 31.2. The minimum absolute atomic E-state index is 0.0255. The molecule has 4 rings (SSSR count). The van der Waals surface area contributed by atoms with E-state index in [0.717, 1.165) is 48.1 Å². The van der Waals surface area contributed by atoms with E-state index in [4.69, 9.17) is 9.72 Å². The average molecular weight is 420 g/mol. The largest absolute Gasteiger partial charge is 0.376 e. The molecule has 1 aliphatic heterocycles. The van der Waals surface area contributed by atoms with Crippen LogP contribution in [0.4, 0.5) is 0 Å². The van der Waals surface area contributed by atoms with E-state index in [2.05, 4.69) is 17.3 Å². The lowest BCUT2D eigenvalue weighted by atomic mass is 10.1. The zero-order valence-corrected chi connectivity index (χ0v) is 17.6. The first-order valence-electron chi connectivity index (χ1n) is 9.77. The fourth-order valence-electron chi connectivity index (χ4n) is 3.48. The van der Waals surface area contributed by atoms with Crippen molar-refractivity contribution in [2.75, 3.05) is 13.2 Å². The predicted molar refractivity (Wildman–Crippen MR) is 113 cm³/mol. The molecule has 6 nitrogen and oxygen atoms in total. The number of carbonyl (C=O) groups excluding carboxylic acids is 1. The van der Waals surface area contributed by atoms with Crippen LogP contribution in [-0.4, -0.2) is 40.0 Å². The van der Waals surface area contributed by atoms with Crippen LogP contribution in [0.15, 0.2) is 28.0 Å². The van der Waals surface area contributed by atoms with Gasteiger partial charge in [-0.1, -0.05) is 17.8 Å². The van der Waals surface area contributed by atoms with Gasteiger partial charge in [-0.25, -0.2) is 4.98 Å². The van der Waals surface area contributed by atoms with E-state index < -0.39 is 0 Å². The maximum atomic E-state index is 13.2. The van der Waals surface area contributed by atoms with Crippen molar-refractivity contribution in [3.8, 4) is 0 Å². The first-order chi connectivity index (χ1) is 13.6. The summed E-state index contributed by atoms with van der Waals surface area (Å²) in [6, 6.07) is 0. The number of fused-ring (bicyclic) bond motifs is 1. The van der Waals surface area contributed by atoms with E-state index in [0.29, 0.717) is 24.2 Å². The number of rotatable bonds is 8. The summed E-state index contributed by atoms with van der Waals surface area (Å²) in [5.41, 5.74) is 1.11. The molecule has 150 valence electrons. The fourth-order valence-corrected chi connectivity index (χ4v) is 5.48. The third kappa shape index (κ3) is 4.04. The maximum Gasteiger partial charge on any atom is 0.263 e. The first kappa shape index (κ1) is 19.7. The van der Waals surface area contributed by atoms with Crippen LogP contribution in [0.25, 0.3) is 10.2 Å². The number of hydrogen-bond acceptors (Lipinski definition) is 6. The van der Waals surface area contributed by atoms with Gasteiger partial charge < -0.3 is 10.1 Å². The third-order valence-electron chi connectivity index (χ3n) is 5.20. The first-order valence-corrected chi connectivity index (χ1v) is 11.5. The third-order valence-corrected chi connectivity index (χ3v) is 7.18. The Hall–Kier alpha value is -1.64. The Morgan fingerprint density at radius 3 is 3.04 bits per heavy atom. The van der Waals surface area contributed by atoms with Crippen LogP contribution in [0, 0.1) is 0 Å². The van der Waals surface area contributed by atoms with Gasteiger partial charge >= 0.3 is 0 Å². The van der Waals surface area contributed by atoms with E-state index in [1.54, 1.807) is 10.6 Å². The Labute approximate surface area is 172 Å². The van der Waals surface area contributed by atoms with Crippen molar-refractivity contribution < 1.29 is 9.53 Å². The summed E-state index contributed by atoms with van der Waals surface area (Å²) in [5.74, 6) is 0.436. The molecule has 3 heterocycles. The van der Waals surface area contributed by atoms with Crippen molar-refractivity contribution in [2.45, 2.75) is 61.6 Å². The smallest absolute Gasteiger partial charge is 0.263 e. The molecule has 2 atom stereocenters. The lowest BCUT2D eigenvalue weighted by molar-refractivity contribution is -0.120. The van der Waals surface area contributed by atoms with Crippen LogP contribution >= 0.6 is 23.1 Å². The lowest BCUT2D eigenvalue weighted by Crippen LogP contribution is -2.37. The van der Waals surface area contributed by atoms with Gasteiger partial charge in [0.2, 0.25) is 5.91 Å². The number of thioether (sulfide) groups is 1. The highest BCUT2D eigenvalue weighted by Gasteiger charge is 2.29. The Balaban J connectivity index is 1.54. The van der Waals surface area contributed by atoms with Crippen LogP contribution in [0.2, 0.25) is 0 Å². The van der Waals surface area contributed by atoms with Gasteiger partial charge in [-0.2, -0.15) is 0 Å². The molecular formula is C20H25N3O3S2. The number of nitrogens with zero attached hydrogens (tertiary/aromatic N) is 2. The predicted octanol–water partition coefficient (Wildman–Crippen LogP) is 3.30. The molecule has 0 aromatic carbocycles. The molecule has 1 N–H and O–H groups in total. The molecule has 1 amide bonds. The van der Waals surface area contributed by atoms with Gasteiger partial charge in [-0.3, -0.25) is 14.2 Å². The van der Waals surface area contributed by atoms with Crippen LogP contribution in [0.1, 0.15) is 44.1 Å². The van der Waals surface area contributed by atoms with Gasteiger partial charge in [-0.05, 0) is 49.5 Å². The second-order valence-corrected chi connectivity index (χ2v) is 9.55. The Kier molecular flexibility index (Phi) is 5.89. The number of aromatic nitrogens is 2. The quantitative estimate of drug-likeness (QED) is 0.404. The second kappa shape index (κ2) is 8.39. The van der Waals surface area contributed by atoms with Crippen molar-refractivity contribution >= 4 is 39.2 Å². The zero-order chi connectivity index (χ0) is 19.7. The zero-order valence-electron chi connectivity index (χ0n) is 16.0. The van der Waals surface area contributed by atoms with Crippen LogP contribution < -0.4 is 10.9 Å². The monoisotopic (exact) mass is 419 g/mol. The maximum absolute atomic E-state index is 13.2. The van der Waals surface area contributed by atoms with Gasteiger partial charge in [0.05, 0.1) is 16.7 Å². The Bertz CT molecular complexity index is 942. The van der Waals surface area contributed by atoms with E-state index in [1.165, 1.54) is 23.1 Å². The van der Waals surface area contributed by atoms with E-state index in [9.17, 15) is 9.59 Å². The summed E-state index contributed by atoms with van der Waals surface area (Å²) in [7, 11) is 0. The molecule has 1 saturated heterocycles. The topological polar surface area (TPSA) is 73.2 Å². The molecule has 2 fully saturated rings. The molecule has 0 radical (unpaired) electrons. The summed E-state index contributed by atoms with van der Waals surface area (Å²) in [6.45, 7) is 7.30. The van der Waals surface area contributed by atoms with Gasteiger partial charge in [0.1, 0.15) is 4.83 Å². The Morgan fingerprint density at radius 2 is 2.36 bits per heavy atom. The minimum atomic E-state index is -0.357. The molecular weight excluding hydrogens is 394 g/mol. The molecule has 0 unspecified atom stereocenters. The van der Waals surface area contributed by atoms with Crippen molar-refractivity contribution in [1.82, 2.24) is 14.9 Å². The van der Waals surface area contributed by atoms with Crippen molar-refractivity contribution in [3.05, 3.63) is 34.0 Å². The second-order valence-electron chi connectivity index (χ2n) is 7.38. The minimum Gasteiger partial charge on any atom is -0.376 e. The number of thiophene rings is 1. The molecule has 0 bridgehead atoms. The van der Waals surface area contributed by atoms with E-state index in [1.807, 2.05) is 6.92 Å². The SMILES string of the molecule is C=CCn1c(S[C@@H](C)C(=O)NC[C@@H]2CCCO2)nc2scc(C3CC3)c2c1=O. The molecule has 8 heteroatoms. The van der Waals surface area contributed by atoms with Crippen LogP contribution in [-0.2, 0) is 16.1 Å². The molecule has 1 saturated carbocycles. The molecule has 0 spiro atoms. The number of ether oxygens (including phenoxy) is 1. The van der Waals surface area contributed by atoms with Gasteiger partial charge in [0, 0.05) is 19.7 Å². The molecule has 2 aliphatic rings. The average Bonchev–Trinajstić information content (AvgIpc) is 3.22. The normalized spacial score (nSPS) is 20.4. The number of hydrogen-bond donors (Lipinski definition) is 1. The molecule has 2 aromatic heterocycles. The summed E-state index contributed by atoms with van der Waals surface area (Å²) < 4.78 is 7.20. The summed E-state index contributed by atoms with van der Waals surface area (Å²) in [6.07, 6.45) is 6.13. The number of allylic oxidation sites excluding steroid dienone is 1. The standard InChI is InChI=1S/C20H25N3O3S2/c1-3-8-23-19(25)16-15(13-6-7-13)11-27-18(16)22-20(23)28-12(2)17(24)21-10-14-5-4-9-26-14/h3,11-14H,1,4-10H2,2H3,(H,21,24)/t12-,14-/m0/s1. The highest BCUT2D eigenvalue weighted by molar-refractivity contribution is 8.00. The molecule has 2 aromatic rings. The summed E-state index contributed by atoms with van der Waals surface area (Å²) >= 11 is 2.84. The van der Waals surface area contributed by atoms with Gasteiger partial charge in [0.25, 0.3) is 5.56 Å². The number of nitrogens with one attached hydrogen (secondary N) is 1. The van der Waals surface area contributed by atoms with E-state index >= 15 is 0 Å². The van der Waals surface area contributed by atoms with Crippen LogP contribution in [0.5, 0.6) is 0 Å². The fraction of sp³-hybridized carbons (Fsp3) is 0.550. The van der Waals surface area contributed by atoms with Crippen LogP contribution in [0.3, 0.4) is 0 Å². The number of carbonyl (C=O) groups is 1. The lowest BCUT2D eigenvalue weighted by Gasteiger charge is -2.16. The highest BCUT2D eigenvalue weighted by Crippen LogP contribution is 2.44. The van der Waals surface area contributed by atoms with Gasteiger partial charge in [-0.15, -0.1) is 17.9 Å². The Morgan fingerprint density at radius 1 is 1.54 bits per heavy atom. The van der Waals surface area contributed by atoms with Crippen molar-refractivity contribution in [3.63, 3.8) is 0 Å². The number of amides is 1. The molecule has 1 aliphatic carbocycles. The van der Waals surface area contributed by atoms with Gasteiger partial charge in [0.15, 0.2) is 5.16 Å². The highest BCUT2D eigenvalue weighted by atomic mass is 32.2. The van der Waals surface area contributed by atoms with Crippen molar-refractivity contribution in [2.24, 2.45) is 0 Å². The van der Waals surface area contributed by atoms with E-state index in [-0.39, 0.29) is 22.8 Å².